The minimum atomic E-state index is -0.289. The van der Waals surface area contributed by atoms with Crippen molar-refractivity contribution in [1.82, 2.24) is 5.32 Å². The molecule has 1 unspecified atom stereocenters. The molecule has 5 heteroatoms. The van der Waals surface area contributed by atoms with Crippen molar-refractivity contribution in [1.29, 1.82) is 0 Å². The molecule has 1 aromatic rings. The molecule has 1 fully saturated rings. The zero-order valence-corrected chi connectivity index (χ0v) is 10.3. The van der Waals surface area contributed by atoms with E-state index in [4.69, 9.17) is 9.47 Å². The second-order valence-electron chi connectivity index (χ2n) is 3.58. The van der Waals surface area contributed by atoms with Crippen LogP contribution in [0.2, 0.25) is 0 Å². The molecule has 1 atom stereocenters. The van der Waals surface area contributed by atoms with E-state index in [1.54, 1.807) is 12.1 Å². The van der Waals surface area contributed by atoms with Gasteiger partial charge in [0.25, 0.3) is 0 Å². The lowest BCUT2D eigenvalue weighted by Gasteiger charge is -2.23. The molecule has 16 heavy (non-hydrogen) atoms. The largest absolute Gasteiger partial charge is 0.491 e. The Bertz CT molecular complexity index is 356. The normalized spacial score (nSPS) is 20.8. The monoisotopic (exact) mass is 289 g/mol. The summed E-state index contributed by atoms with van der Waals surface area (Å²) < 4.78 is 24.4. The van der Waals surface area contributed by atoms with Crippen LogP contribution in [-0.2, 0) is 4.74 Å². The lowest BCUT2D eigenvalue weighted by molar-refractivity contribution is 0.000170. The highest BCUT2D eigenvalue weighted by Gasteiger charge is 2.14. The van der Waals surface area contributed by atoms with Gasteiger partial charge in [0.2, 0.25) is 0 Å². The fourth-order valence-corrected chi connectivity index (χ4v) is 1.84. The third kappa shape index (κ3) is 3.17. The Morgan fingerprint density at radius 3 is 3.12 bits per heavy atom. The van der Waals surface area contributed by atoms with E-state index in [0.717, 1.165) is 13.1 Å². The van der Waals surface area contributed by atoms with Gasteiger partial charge in [-0.05, 0) is 34.1 Å². The zero-order chi connectivity index (χ0) is 11.4. The predicted octanol–water partition coefficient (Wildman–Crippen LogP) is 1.96. The molecule has 0 aliphatic carbocycles. The Kier molecular flexibility index (Phi) is 4.15. The van der Waals surface area contributed by atoms with Gasteiger partial charge in [-0.1, -0.05) is 0 Å². The number of halogens is 2. The zero-order valence-electron chi connectivity index (χ0n) is 8.71. The minimum absolute atomic E-state index is 0.0672. The molecule has 1 aliphatic rings. The van der Waals surface area contributed by atoms with E-state index < -0.39 is 0 Å². The standard InChI is InChI=1S/C11H13BrFNO2/c12-10-5-8(1-2-11(10)13)16-7-9-6-14-3-4-15-9/h1-2,5,9,14H,3-4,6-7H2. The maximum absolute atomic E-state index is 13.0. The first kappa shape index (κ1) is 11.8. The molecule has 3 nitrogen and oxygen atoms in total. The Morgan fingerprint density at radius 2 is 2.44 bits per heavy atom. The van der Waals surface area contributed by atoms with Gasteiger partial charge in [0.05, 0.1) is 11.1 Å². The van der Waals surface area contributed by atoms with Gasteiger partial charge in [-0.2, -0.15) is 0 Å². The number of rotatable bonds is 3. The summed E-state index contributed by atoms with van der Waals surface area (Å²) in [7, 11) is 0. The third-order valence-corrected chi connectivity index (χ3v) is 2.94. The Balaban J connectivity index is 1.86. The van der Waals surface area contributed by atoms with Crippen molar-refractivity contribution in [2.24, 2.45) is 0 Å². The van der Waals surface area contributed by atoms with Crippen molar-refractivity contribution >= 4 is 15.9 Å². The third-order valence-electron chi connectivity index (χ3n) is 2.33. The highest BCUT2D eigenvalue weighted by atomic mass is 79.9. The van der Waals surface area contributed by atoms with Crippen LogP contribution in [-0.4, -0.2) is 32.4 Å². The van der Waals surface area contributed by atoms with E-state index in [0.29, 0.717) is 23.4 Å². The average Bonchev–Trinajstić information content (AvgIpc) is 2.32. The summed E-state index contributed by atoms with van der Waals surface area (Å²) in [5.41, 5.74) is 0. The molecule has 0 spiro atoms. The van der Waals surface area contributed by atoms with E-state index in [1.165, 1.54) is 6.07 Å². The molecule has 0 bridgehead atoms. The maximum Gasteiger partial charge on any atom is 0.137 e. The summed E-state index contributed by atoms with van der Waals surface area (Å²) in [5, 5.41) is 3.22. The molecule has 1 N–H and O–H groups in total. The fourth-order valence-electron chi connectivity index (χ4n) is 1.48. The van der Waals surface area contributed by atoms with Crippen LogP contribution in [0.3, 0.4) is 0 Å². The summed E-state index contributed by atoms with van der Waals surface area (Å²) >= 11 is 3.11. The number of morpholine rings is 1. The predicted molar refractivity (Wildman–Crippen MR) is 62.2 cm³/mol. The second kappa shape index (κ2) is 5.61. The van der Waals surface area contributed by atoms with Crippen LogP contribution in [0.15, 0.2) is 22.7 Å². The van der Waals surface area contributed by atoms with Crippen LogP contribution in [0.25, 0.3) is 0 Å². The van der Waals surface area contributed by atoms with Gasteiger partial charge in [0, 0.05) is 13.1 Å². The van der Waals surface area contributed by atoms with Crippen molar-refractivity contribution in [3.05, 3.63) is 28.5 Å². The summed E-state index contributed by atoms with van der Waals surface area (Å²) in [6, 6.07) is 4.60. The first-order valence-corrected chi connectivity index (χ1v) is 5.95. The van der Waals surface area contributed by atoms with E-state index in [-0.39, 0.29) is 11.9 Å². The van der Waals surface area contributed by atoms with Crippen LogP contribution >= 0.6 is 15.9 Å². The van der Waals surface area contributed by atoms with E-state index in [1.807, 2.05) is 0 Å². The summed E-state index contributed by atoms with van der Waals surface area (Å²) in [6.45, 7) is 2.87. The van der Waals surface area contributed by atoms with Crippen molar-refractivity contribution in [3.63, 3.8) is 0 Å². The van der Waals surface area contributed by atoms with Gasteiger partial charge in [-0.15, -0.1) is 0 Å². The molecule has 0 amide bonds. The highest BCUT2D eigenvalue weighted by Crippen LogP contribution is 2.21. The molecule has 0 radical (unpaired) electrons. The number of hydrogen-bond donors (Lipinski definition) is 1. The first-order valence-electron chi connectivity index (χ1n) is 5.16. The fraction of sp³-hybridized carbons (Fsp3) is 0.455. The Labute approximate surface area is 102 Å². The lowest BCUT2D eigenvalue weighted by Crippen LogP contribution is -2.41. The highest BCUT2D eigenvalue weighted by molar-refractivity contribution is 9.10. The quantitative estimate of drug-likeness (QED) is 0.923. The SMILES string of the molecule is Fc1ccc(OCC2CNCCO2)cc1Br. The van der Waals surface area contributed by atoms with Crippen LogP contribution in [0.4, 0.5) is 4.39 Å². The van der Waals surface area contributed by atoms with Gasteiger partial charge in [0.1, 0.15) is 24.3 Å². The number of benzene rings is 1. The maximum atomic E-state index is 13.0. The average molecular weight is 290 g/mol. The summed E-state index contributed by atoms with van der Waals surface area (Å²) in [4.78, 5) is 0. The second-order valence-corrected chi connectivity index (χ2v) is 4.44. The van der Waals surface area contributed by atoms with Gasteiger partial charge in [0.15, 0.2) is 0 Å². The Hall–Kier alpha value is -0.650. The smallest absolute Gasteiger partial charge is 0.137 e. The topological polar surface area (TPSA) is 30.5 Å². The minimum Gasteiger partial charge on any atom is -0.491 e. The molecule has 1 saturated heterocycles. The molecule has 88 valence electrons. The van der Waals surface area contributed by atoms with Crippen molar-refractivity contribution in [3.8, 4) is 5.75 Å². The molecule has 2 rings (SSSR count). The van der Waals surface area contributed by atoms with Crippen molar-refractivity contribution in [2.45, 2.75) is 6.10 Å². The molecule has 0 saturated carbocycles. The van der Waals surface area contributed by atoms with Gasteiger partial charge >= 0.3 is 0 Å². The van der Waals surface area contributed by atoms with E-state index in [9.17, 15) is 4.39 Å². The van der Waals surface area contributed by atoms with Crippen LogP contribution in [0, 0.1) is 5.82 Å². The van der Waals surface area contributed by atoms with Gasteiger partial charge in [-0.3, -0.25) is 0 Å². The molecule has 0 aromatic heterocycles. The van der Waals surface area contributed by atoms with Crippen LogP contribution in [0.5, 0.6) is 5.75 Å². The Morgan fingerprint density at radius 1 is 1.56 bits per heavy atom. The van der Waals surface area contributed by atoms with E-state index in [2.05, 4.69) is 21.2 Å². The molecular weight excluding hydrogens is 277 g/mol. The number of hydrogen-bond acceptors (Lipinski definition) is 3. The van der Waals surface area contributed by atoms with Crippen molar-refractivity contribution in [2.75, 3.05) is 26.3 Å². The van der Waals surface area contributed by atoms with Gasteiger partial charge in [-0.25, -0.2) is 4.39 Å². The molecular formula is C11H13BrFNO2. The summed E-state index contributed by atoms with van der Waals surface area (Å²) in [5.74, 6) is 0.352. The van der Waals surface area contributed by atoms with E-state index >= 15 is 0 Å². The number of ether oxygens (including phenoxy) is 2. The molecule has 1 aromatic carbocycles. The molecule has 1 heterocycles. The number of nitrogens with one attached hydrogen (secondary N) is 1. The van der Waals surface area contributed by atoms with Crippen LogP contribution in [0.1, 0.15) is 0 Å². The lowest BCUT2D eigenvalue weighted by atomic mass is 10.3. The van der Waals surface area contributed by atoms with Crippen molar-refractivity contribution < 1.29 is 13.9 Å². The van der Waals surface area contributed by atoms with Crippen LogP contribution < -0.4 is 10.1 Å². The van der Waals surface area contributed by atoms with Gasteiger partial charge < -0.3 is 14.8 Å². The summed E-state index contributed by atoms with van der Waals surface area (Å²) in [6.07, 6.45) is 0.0672. The molecule has 1 aliphatic heterocycles. The first-order chi connectivity index (χ1) is 7.75.